The van der Waals surface area contributed by atoms with Crippen LogP contribution in [0.4, 0.5) is 0 Å². The number of benzene rings is 1. The maximum atomic E-state index is 5.67. The Morgan fingerprint density at radius 1 is 0.889 bits per heavy atom. The van der Waals surface area contributed by atoms with Gasteiger partial charge in [0.25, 0.3) is 0 Å². The number of aryl methyl sites for hydroxylation is 2. The molecule has 0 spiro atoms. The fraction of sp³-hybridized carbons (Fsp3) is 0.364. The van der Waals surface area contributed by atoms with E-state index in [4.69, 9.17) is 4.74 Å². The van der Waals surface area contributed by atoms with Gasteiger partial charge >= 0.3 is 0 Å². The lowest BCUT2D eigenvalue weighted by molar-refractivity contribution is 0.293. The third-order valence-electron chi connectivity index (χ3n) is 4.94. The standard InChI is InChI=1S/C22H25N3OS/c1-2-14-25(13-1)16-19-7-5-18(6-8-19)9-10-20-11-12-22(24-23-20)26-17-21-4-3-15-27-21/h3-8,11-12,15H,1-2,9-10,13-14,16-17H2. The second kappa shape index (κ2) is 9.11. The van der Waals surface area contributed by atoms with Crippen molar-refractivity contribution in [2.75, 3.05) is 13.1 Å². The number of likely N-dealkylation sites (tertiary alicyclic amines) is 1. The predicted molar refractivity (Wildman–Crippen MR) is 109 cm³/mol. The Morgan fingerprint density at radius 3 is 2.41 bits per heavy atom. The van der Waals surface area contributed by atoms with Crippen molar-refractivity contribution in [3.05, 3.63) is 75.6 Å². The van der Waals surface area contributed by atoms with Crippen molar-refractivity contribution in [2.45, 2.75) is 38.8 Å². The normalized spacial score (nSPS) is 14.5. The Bertz CT molecular complexity index is 810. The zero-order chi connectivity index (χ0) is 18.3. The van der Waals surface area contributed by atoms with Crippen molar-refractivity contribution in [3.8, 4) is 5.88 Å². The molecule has 0 atom stereocenters. The van der Waals surface area contributed by atoms with Crippen LogP contribution in [0.25, 0.3) is 0 Å². The van der Waals surface area contributed by atoms with Gasteiger partial charge in [0.1, 0.15) is 6.61 Å². The Hall–Kier alpha value is -2.24. The molecule has 4 nitrogen and oxygen atoms in total. The molecule has 1 saturated heterocycles. The Labute approximate surface area is 164 Å². The van der Waals surface area contributed by atoms with Crippen molar-refractivity contribution in [3.63, 3.8) is 0 Å². The molecule has 1 aliphatic heterocycles. The lowest BCUT2D eigenvalue weighted by Gasteiger charge is -2.14. The zero-order valence-electron chi connectivity index (χ0n) is 15.5. The van der Waals surface area contributed by atoms with Crippen LogP contribution in [0.3, 0.4) is 0 Å². The van der Waals surface area contributed by atoms with Crippen LogP contribution in [0, 0.1) is 0 Å². The molecule has 27 heavy (non-hydrogen) atoms. The van der Waals surface area contributed by atoms with E-state index in [0.29, 0.717) is 12.5 Å². The first kappa shape index (κ1) is 18.1. The van der Waals surface area contributed by atoms with E-state index in [0.717, 1.165) is 25.1 Å². The van der Waals surface area contributed by atoms with Gasteiger partial charge in [0.2, 0.25) is 5.88 Å². The van der Waals surface area contributed by atoms with E-state index in [1.54, 1.807) is 11.3 Å². The van der Waals surface area contributed by atoms with Crippen LogP contribution in [0.2, 0.25) is 0 Å². The number of rotatable bonds is 8. The predicted octanol–water partition coefficient (Wildman–Crippen LogP) is 4.50. The van der Waals surface area contributed by atoms with Crippen LogP contribution >= 0.6 is 11.3 Å². The van der Waals surface area contributed by atoms with Crippen molar-refractivity contribution < 1.29 is 4.74 Å². The maximum absolute atomic E-state index is 5.67. The minimum Gasteiger partial charge on any atom is -0.471 e. The van der Waals surface area contributed by atoms with Crippen molar-refractivity contribution in [2.24, 2.45) is 0 Å². The average Bonchev–Trinajstić information content (AvgIpc) is 3.41. The van der Waals surface area contributed by atoms with E-state index in [-0.39, 0.29) is 0 Å². The highest BCUT2D eigenvalue weighted by Gasteiger charge is 2.11. The summed E-state index contributed by atoms with van der Waals surface area (Å²) in [5.41, 5.74) is 3.76. The number of ether oxygens (including phenoxy) is 1. The monoisotopic (exact) mass is 379 g/mol. The van der Waals surface area contributed by atoms with Crippen molar-refractivity contribution >= 4 is 11.3 Å². The summed E-state index contributed by atoms with van der Waals surface area (Å²) < 4.78 is 5.67. The Kier molecular flexibility index (Phi) is 6.12. The number of hydrogen-bond acceptors (Lipinski definition) is 5. The van der Waals surface area contributed by atoms with Gasteiger partial charge in [0.05, 0.1) is 5.69 Å². The van der Waals surface area contributed by atoms with Gasteiger partial charge in [-0.25, -0.2) is 0 Å². The SMILES string of the molecule is c1csc(COc2ccc(CCc3ccc(CN4CCCC4)cc3)nn2)c1. The zero-order valence-corrected chi connectivity index (χ0v) is 16.3. The van der Waals surface area contributed by atoms with Gasteiger partial charge in [-0.15, -0.1) is 16.4 Å². The topological polar surface area (TPSA) is 38.2 Å². The highest BCUT2D eigenvalue weighted by molar-refractivity contribution is 7.09. The van der Waals surface area contributed by atoms with Crippen LogP contribution in [-0.4, -0.2) is 28.2 Å². The molecule has 0 radical (unpaired) electrons. The minimum atomic E-state index is 0.551. The summed E-state index contributed by atoms with van der Waals surface area (Å²) in [6.45, 7) is 4.12. The lowest BCUT2D eigenvalue weighted by atomic mass is 10.1. The maximum Gasteiger partial charge on any atom is 0.233 e. The molecule has 1 aromatic carbocycles. The quantitative estimate of drug-likeness (QED) is 0.578. The first-order valence-corrected chi connectivity index (χ1v) is 10.5. The van der Waals surface area contributed by atoms with Gasteiger partial charge in [0, 0.05) is 17.5 Å². The number of aromatic nitrogens is 2. The summed E-state index contributed by atoms with van der Waals surface area (Å²) >= 11 is 1.68. The molecule has 0 amide bonds. The van der Waals surface area contributed by atoms with E-state index in [2.05, 4.69) is 45.4 Å². The largest absolute Gasteiger partial charge is 0.471 e. The molecule has 0 unspecified atom stereocenters. The molecule has 4 rings (SSSR count). The summed E-state index contributed by atoms with van der Waals surface area (Å²) in [7, 11) is 0. The van der Waals surface area contributed by atoms with Crippen LogP contribution in [0.5, 0.6) is 5.88 Å². The molecule has 0 N–H and O–H groups in total. The molecule has 2 aromatic heterocycles. The van der Waals surface area contributed by atoms with E-state index in [1.807, 2.05) is 23.6 Å². The van der Waals surface area contributed by atoms with Gasteiger partial charge < -0.3 is 4.74 Å². The molecule has 0 aliphatic carbocycles. The molecular weight excluding hydrogens is 354 g/mol. The first-order valence-electron chi connectivity index (χ1n) is 9.63. The molecule has 1 fully saturated rings. The number of hydrogen-bond donors (Lipinski definition) is 0. The second-order valence-electron chi connectivity index (χ2n) is 7.03. The van der Waals surface area contributed by atoms with E-state index < -0.39 is 0 Å². The summed E-state index contributed by atoms with van der Waals surface area (Å²) in [6, 6.07) is 17.0. The molecule has 0 bridgehead atoms. The smallest absolute Gasteiger partial charge is 0.233 e. The van der Waals surface area contributed by atoms with Crippen LogP contribution < -0.4 is 4.74 Å². The van der Waals surface area contributed by atoms with Crippen LogP contribution in [-0.2, 0) is 26.0 Å². The van der Waals surface area contributed by atoms with E-state index >= 15 is 0 Å². The summed E-state index contributed by atoms with van der Waals surface area (Å²) in [5.74, 6) is 0.582. The molecule has 140 valence electrons. The average molecular weight is 380 g/mol. The van der Waals surface area contributed by atoms with Gasteiger partial charge in [0.15, 0.2) is 0 Å². The highest BCUT2D eigenvalue weighted by atomic mass is 32.1. The van der Waals surface area contributed by atoms with Gasteiger partial charge in [-0.2, -0.15) is 5.10 Å². The summed E-state index contributed by atoms with van der Waals surface area (Å²) in [4.78, 5) is 3.72. The van der Waals surface area contributed by atoms with Gasteiger partial charge in [-0.1, -0.05) is 30.3 Å². The third-order valence-corrected chi connectivity index (χ3v) is 5.79. The lowest BCUT2D eigenvalue weighted by Crippen LogP contribution is -2.18. The molecule has 1 aliphatic rings. The van der Waals surface area contributed by atoms with Gasteiger partial charge in [-0.05, 0) is 67.4 Å². The Morgan fingerprint density at radius 2 is 1.70 bits per heavy atom. The fourth-order valence-electron chi connectivity index (χ4n) is 3.38. The molecular formula is C22H25N3OS. The summed E-state index contributed by atoms with van der Waals surface area (Å²) in [6.07, 6.45) is 4.56. The van der Waals surface area contributed by atoms with Crippen molar-refractivity contribution in [1.29, 1.82) is 0 Å². The summed E-state index contributed by atoms with van der Waals surface area (Å²) in [5, 5.41) is 10.5. The molecule has 3 aromatic rings. The minimum absolute atomic E-state index is 0.551. The molecule has 3 heterocycles. The molecule has 5 heteroatoms. The highest BCUT2D eigenvalue weighted by Crippen LogP contribution is 2.15. The van der Waals surface area contributed by atoms with Gasteiger partial charge in [-0.3, -0.25) is 4.90 Å². The van der Waals surface area contributed by atoms with Crippen LogP contribution in [0.15, 0.2) is 53.9 Å². The fourth-order valence-corrected chi connectivity index (χ4v) is 4.00. The van der Waals surface area contributed by atoms with Crippen molar-refractivity contribution in [1.82, 2.24) is 15.1 Å². The van der Waals surface area contributed by atoms with E-state index in [9.17, 15) is 0 Å². The Balaban J connectivity index is 1.24. The van der Waals surface area contributed by atoms with Crippen LogP contribution in [0.1, 0.15) is 34.5 Å². The number of nitrogens with zero attached hydrogens (tertiary/aromatic N) is 3. The number of thiophene rings is 1. The first-order chi connectivity index (χ1) is 13.3. The second-order valence-corrected chi connectivity index (χ2v) is 8.06. The van der Waals surface area contributed by atoms with E-state index in [1.165, 1.54) is 41.9 Å². The molecule has 0 saturated carbocycles. The third kappa shape index (κ3) is 5.37.